The fourth-order valence-electron chi connectivity index (χ4n) is 1.20. The third kappa shape index (κ3) is 2.90. The van der Waals surface area contributed by atoms with Crippen molar-refractivity contribution in [3.05, 3.63) is 24.0 Å². The number of hydrogen-bond acceptors (Lipinski definition) is 1. The first-order valence-electron chi connectivity index (χ1n) is 4.42. The van der Waals surface area contributed by atoms with Crippen LogP contribution >= 0.6 is 11.6 Å². The van der Waals surface area contributed by atoms with Gasteiger partial charge in [-0.25, -0.2) is 0 Å². The zero-order chi connectivity index (χ0) is 8.81. The maximum Gasteiger partial charge on any atom is 0.117 e. The van der Waals surface area contributed by atoms with Crippen molar-refractivity contribution < 1.29 is 4.74 Å². The van der Waals surface area contributed by atoms with Crippen LogP contribution in [-0.4, -0.2) is 12.0 Å². The lowest BCUT2D eigenvalue weighted by molar-refractivity contribution is 0.164. The van der Waals surface area contributed by atoms with Crippen molar-refractivity contribution in [3.8, 4) is 0 Å². The summed E-state index contributed by atoms with van der Waals surface area (Å²) in [6.07, 6.45) is 9.45. The second kappa shape index (κ2) is 5.26. The maximum absolute atomic E-state index is 5.75. The van der Waals surface area contributed by atoms with Gasteiger partial charge in [0.25, 0.3) is 0 Å². The first-order valence-corrected chi connectivity index (χ1v) is 4.96. The summed E-state index contributed by atoms with van der Waals surface area (Å²) in [6.45, 7) is 2.12. The van der Waals surface area contributed by atoms with Gasteiger partial charge in [0.05, 0.1) is 6.26 Å². The normalized spacial score (nSPS) is 23.8. The van der Waals surface area contributed by atoms with Crippen LogP contribution in [0.4, 0.5) is 0 Å². The summed E-state index contributed by atoms with van der Waals surface area (Å²) in [5.41, 5.74) is 1.27. The first kappa shape index (κ1) is 9.66. The van der Waals surface area contributed by atoms with Crippen molar-refractivity contribution in [2.75, 3.05) is 5.88 Å². The molecule has 1 aliphatic rings. The molecule has 1 unspecified atom stereocenters. The zero-order valence-corrected chi connectivity index (χ0v) is 8.18. The number of hydrogen-bond donors (Lipinski definition) is 0. The van der Waals surface area contributed by atoms with Gasteiger partial charge in [0.1, 0.15) is 6.10 Å². The van der Waals surface area contributed by atoms with E-state index in [9.17, 15) is 0 Å². The molecule has 0 aliphatic carbocycles. The van der Waals surface area contributed by atoms with E-state index in [2.05, 4.69) is 19.1 Å². The standard InChI is InChI=1S/C10H15ClO/c1-2-9(8-11)7-10-5-3-4-6-12-10/h4,6-7,10H,2-3,5,8H2,1H3/b9-7-. The Morgan fingerprint density at radius 2 is 2.58 bits per heavy atom. The number of halogens is 1. The van der Waals surface area contributed by atoms with Crippen LogP contribution in [-0.2, 0) is 4.74 Å². The van der Waals surface area contributed by atoms with Crippen molar-refractivity contribution in [1.82, 2.24) is 0 Å². The van der Waals surface area contributed by atoms with Crippen LogP contribution in [0.1, 0.15) is 26.2 Å². The number of alkyl halides is 1. The molecule has 0 N–H and O–H groups in total. The molecule has 0 aromatic carbocycles. The Morgan fingerprint density at radius 3 is 3.08 bits per heavy atom. The quantitative estimate of drug-likeness (QED) is 0.486. The molecule has 1 rings (SSSR count). The summed E-state index contributed by atoms with van der Waals surface area (Å²) in [5, 5.41) is 0. The van der Waals surface area contributed by atoms with E-state index in [1.807, 2.05) is 0 Å². The largest absolute Gasteiger partial charge is 0.494 e. The Bertz CT molecular complexity index is 178. The lowest BCUT2D eigenvalue weighted by Gasteiger charge is -2.16. The Morgan fingerprint density at radius 1 is 1.75 bits per heavy atom. The van der Waals surface area contributed by atoms with Crippen molar-refractivity contribution in [1.29, 1.82) is 0 Å². The van der Waals surface area contributed by atoms with Gasteiger partial charge >= 0.3 is 0 Å². The lowest BCUT2D eigenvalue weighted by Crippen LogP contribution is -2.10. The predicted octanol–water partition coefficient (Wildman–Crippen LogP) is 3.25. The van der Waals surface area contributed by atoms with Crippen LogP contribution in [0.15, 0.2) is 24.0 Å². The number of rotatable bonds is 3. The number of ether oxygens (including phenoxy) is 1. The summed E-state index contributed by atoms with van der Waals surface area (Å²) in [6, 6.07) is 0. The Kier molecular flexibility index (Phi) is 4.23. The molecular weight excluding hydrogens is 172 g/mol. The van der Waals surface area contributed by atoms with Crippen LogP contribution in [0.25, 0.3) is 0 Å². The number of allylic oxidation sites excluding steroid dienone is 2. The van der Waals surface area contributed by atoms with Crippen molar-refractivity contribution in [2.45, 2.75) is 32.3 Å². The van der Waals surface area contributed by atoms with Crippen molar-refractivity contribution >= 4 is 11.6 Å². The van der Waals surface area contributed by atoms with Gasteiger partial charge in [-0.2, -0.15) is 0 Å². The molecule has 1 heterocycles. The van der Waals surface area contributed by atoms with E-state index in [0.29, 0.717) is 5.88 Å². The summed E-state index contributed by atoms with van der Waals surface area (Å²) >= 11 is 5.75. The molecule has 68 valence electrons. The van der Waals surface area contributed by atoms with Gasteiger partial charge in [-0.3, -0.25) is 0 Å². The second-order valence-electron chi connectivity index (χ2n) is 2.94. The molecule has 0 radical (unpaired) electrons. The molecule has 1 nitrogen and oxygen atoms in total. The molecule has 0 bridgehead atoms. The molecule has 0 fully saturated rings. The highest BCUT2D eigenvalue weighted by molar-refractivity contribution is 6.19. The Hall–Kier alpha value is -0.430. The van der Waals surface area contributed by atoms with E-state index < -0.39 is 0 Å². The molecule has 1 atom stereocenters. The highest BCUT2D eigenvalue weighted by Gasteiger charge is 2.07. The predicted molar refractivity (Wildman–Crippen MR) is 52.3 cm³/mol. The highest BCUT2D eigenvalue weighted by Crippen LogP contribution is 2.15. The van der Waals surface area contributed by atoms with E-state index in [1.54, 1.807) is 6.26 Å². The van der Waals surface area contributed by atoms with Gasteiger partial charge in [-0.05, 0) is 31.4 Å². The van der Waals surface area contributed by atoms with E-state index in [-0.39, 0.29) is 6.10 Å². The molecule has 0 amide bonds. The molecule has 2 heteroatoms. The van der Waals surface area contributed by atoms with Gasteiger partial charge in [0.2, 0.25) is 0 Å². The third-order valence-electron chi connectivity index (χ3n) is 2.01. The van der Waals surface area contributed by atoms with Crippen LogP contribution in [0.2, 0.25) is 0 Å². The van der Waals surface area contributed by atoms with E-state index in [1.165, 1.54) is 5.57 Å². The molecule has 0 aromatic rings. The molecule has 0 aromatic heterocycles. The molecule has 1 aliphatic heterocycles. The minimum atomic E-state index is 0.253. The minimum absolute atomic E-state index is 0.253. The van der Waals surface area contributed by atoms with Crippen LogP contribution in [0, 0.1) is 0 Å². The van der Waals surface area contributed by atoms with Gasteiger partial charge < -0.3 is 4.74 Å². The van der Waals surface area contributed by atoms with E-state index in [4.69, 9.17) is 16.3 Å². The Labute approximate surface area is 79.1 Å². The second-order valence-corrected chi connectivity index (χ2v) is 3.20. The topological polar surface area (TPSA) is 9.23 Å². The van der Waals surface area contributed by atoms with Crippen molar-refractivity contribution in [3.63, 3.8) is 0 Å². The van der Waals surface area contributed by atoms with Crippen LogP contribution in [0.3, 0.4) is 0 Å². The average molecular weight is 187 g/mol. The monoisotopic (exact) mass is 186 g/mol. The fraction of sp³-hybridized carbons (Fsp3) is 0.600. The summed E-state index contributed by atoms with van der Waals surface area (Å²) in [4.78, 5) is 0. The first-order chi connectivity index (χ1) is 5.86. The summed E-state index contributed by atoms with van der Waals surface area (Å²) in [5.74, 6) is 0.625. The summed E-state index contributed by atoms with van der Waals surface area (Å²) in [7, 11) is 0. The van der Waals surface area contributed by atoms with Gasteiger partial charge in [-0.15, -0.1) is 11.6 Å². The maximum atomic E-state index is 5.75. The van der Waals surface area contributed by atoms with E-state index >= 15 is 0 Å². The average Bonchev–Trinajstić information content (AvgIpc) is 2.16. The van der Waals surface area contributed by atoms with Gasteiger partial charge in [-0.1, -0.05) is 12.5 Å². The molecular formula is C10H15ClO. The third-order valence-corrected chi connectivity index (χ3v) is 2.36. The molecule has 0 spiro atoms. The lowest BCUT2D eigenvalue weighted by atomic mass is 10.1. The molecule has 12 heavy (non-hydrogen) atoms. The van der Waals surface area contributed by atoms with Crippen molar-refractivity contribution in [2.24, 2.45) is 0 Å². The SMILES string of the molecule is CC/C(=C/C1CCC=CO1)CCl. The molecule has 0 saturated carbocycles. The van der Waals surface area contributed by atoms with Crippen LogP contribution < -0.4 is 0 Å². The van der Waals surface area contributed by atoms with Crippen LogP contribution in [0.5, 0.6) is 0 Å². The minimum Gasteiger partial charge on any atom is -0.494 e. The highest BCUT2D eigenvalue weighted by atomic mass is 35.5. The zero-order valence-electron chi connectivity index (χ0n) is 7.42. The van der Waals surface area contributed by atoms with E-state index in [0.717, 1.165) is 19.3 Å². The smallest absolute Gasteiger partial charge is 0.117 e. The fourth-order valence-corrected chi connectivity index (χ4v) is 1.47. The Balaban J connectivity index is 2.46. The van der Waals surface area contributed by atoms with Gasteiger partial charge in [0.15, 0.2) is 0 Å². The molecule has 0 saturated heterocycles. The summed E-state index contributed by atoms with van der Waals surface area (Å²) < 4.78 is 5.40. The van der Waals surface area contributed by atoms with Gasteiger partial charge in [0, 0.05) is 5.88 Å².